The summed E-state index contributed by atoms with van der Waals surface area (Å²) in [4.78, 5) is 0. The third-order valence-electron chi connectivity index (χ3n) is 3.09. The van der Waals surface area contributed by atoms with E-state index in [2.05, 4.69) is 9.44 Å². The van der Waals surface area contributed by atoms with Crippen molar-refractivity contribution in [3.8, 4) is 0 Å². The summed E-state index contributed by atoms with van der Waals surface area (Å²) in [7, 11) is -5.05. The second-order valence-corrected chi connectivity index (χ2v) is 7.81. The summed E-state index contributed by atoms with van der Waals surface area (Å²) in [5.74, 6) is 0. The summed E-state index contributed by atoms with van der Waals surface area (Å²) in [5, 5.41) is 43.7. The van der Waals surface area contributed by atoms with Gasteiger partial charge in [-0.25, -0.2) is 0 Å². The van der Waals surface area contributed by atoms with Crippen LogP contribution in [0.15, 0.2) is 16.6 Å². The normalized spacial score (nSPS) is 30.2. The van der Waals surface area contributed by atoms with Gasteiger partial charge in [0.05, 0.1) is 6.61 Å². The molecule has 1 heterocycles. The molecular formula is C12H20KNO9S3. The fraction of sp³-hybridized carbons (Fsp3) is 0.750. The van der Waals surface area contributed by atoms with Gasteiger partial charge >= 0.3 is 51.4 Å². The summed E-state index contributed by atoms with van der Waals surface area (Å²) in [6.45, 7) is -0.601. The first-order chi connectivity index (χ1) is 11.7. The summed E-state index contributed by atoms with van der Waals surface area (Å²) in [5.41, 5.74) is -1.16. The molecule has 0 spiro atoms. The van der Waals surface area contributed by atoms with E-state index < -0.39 is 46.9 Å². The molecule has 1 saturated heterocycles. The van der Waals surface area contributed by atoms with Gasteiger partial charge in [-0.05, 0) is 18.1 Å². The van der Waals surface area contributed by atoms with Gasteiger partial charge in [0.1, 0.15) is 34.9 Å². The summed E-state index contributed by atoms with van der Waals surface area (Å²) in [6.07, 6.45) is -1.50. The number of thioether (sulfide) groups is 2. The fourth-order valence-electron chi connectivity index (χ4n) is 1.88. The number of aliphatic hydroxyl groups excluding tert-OH is 4. The Hall–Kier alpha value is 1.26. The number of hydrogen-bond acceptors (Lipinski definition) is 12. The van der Waals surface area contributed by atoms with Gasteiger partial charge in [0.15, 0.2) is 0 Å². The van der Waals surface area contributed by atoms with Crippen LogP contribution in [0, 0.1) is 0 Å². The van der Waals surface area contributed by atoms with Crippen LogP contribution in [0.3, 0.4) is 0 Å². The molecule has 0 amide bonds. The molecule has 0 aromatic heterocycles. The zero-order valence-electron chi connectivity index (χ0n) is 14.2. The number of allylic oxidation sites excluding steroid dienone is 1. The summed E-state index contributed by atoms with van der Waals surface area (Å²) in [6, 6.07) is 0. The molecule has 10 nitrogen and oxygen atoms in total. The fourth-order valence-corrected chi connectivity index (χ4v) is 3.52. The molecule has 1 fully saturated rings. The molecule has 0 saturated carbocycles. The van der Waals surface area contributed by atoms with Crippen LogP contribution in [0.5, 0.6) is 0 Å². The van der Waals surface area contributed by atoms with Crippen LogP contribution < -0.4 is 51.4 Å². The van der Waals surface area contributed by atoms with E-state index in [4.69, 9.17) is 9.84 Å². The zero-order chi connectivity index (χ0) is 19.0. The molecule has 26 heavy (non-hydrogen) atoms. The van der Waals surface area contributed by atoms with Crippen molar-refractivity contribution in [3.05, 3.63) is 11.5 Å². The first-order valence-corrected chi connectivity index (χ1v) is 10.6. The topological polar surface area (TPSA) is 169 Å². The van der Waals surface area contributed by atoms with E-state index in [1.54, 1.807) is 11.5 Å². The van der Waals surface area contributed by atoms with E-state index in [0.29, 0.717) is 6.42 Å². The number of aliphatic hydroxyl groups is 4. The minimum atomic E-state index is -5.05. The number of nitrogens with zero attached hydrogens (tertiary/aromatic N) is 1. The molecule has 1 aliphatic heterocycles. The average molecular weight is 458 g/mol. The second-order valence-electron chi connectivity index (χ2n) is 4.93. The molecule has 1 aliphatic rings. The van der Waals surface area contributed by atoms with Crippen LogP contribution in [0.25, 0.3) is 0 Å². The van der Waals surface area contributed by atoms with Crippen molar-refractivity contribution >= 4 is 39.0 Å². The molecule has 0 aromatic carbocycles. The van der Waals surface area contributed by atoms with E-state index in [9.17, 15) is 28.3 Å². The maximum atomic E-state index is 10.6. The van der Waals surface area contributed by atoms with E-state index in [1.165, 1.54) is 11.8 Å². The molecule has 0 aliphatic carbocycles. The Morgan fingerprint density at radius 3 is 2.50 bits per heavy atom. The Labute approximate surface area is 202 Å². The van der Waals surface area contributed by atoms with Crippen LogP contribution in [0.2, 0.25) is 0 Å². The summed E-state index contributed by atoms with van der Waals surface area (Å²) >= 11 is 2.18. The maximum Gasteiger partial charge on any atom is 1.00 e. The molecule has 0 radical (unpaired) electrons. The molecule has 14 heteroatoms. The largest absolute Gasteiger partial charge is 1.00 e. The van der Waals surface area contributed by atoms with Crippen molar-refractivity contribution in [1.82, 2.24) is 0 Å². The first-order valence-electron chi connectivity index (χ1n) is 7.06. The van der Waals surface area contributed by atoms with Crippen molar-refractivity contribution in [2.24, 2.45) is 5.16 Å². The molecule has 1 rings (SSSR count). The number of hydrogen-bond donors (Lipinski definition) is 4. The molecular weight excluding hydrogens is 437 g/mol. The van der Waals surface area contributed by atoms with Crippen molar-refractivity contribution in [2.45, 2.75) is 42.7 Å². The van der Waals surface area contributed by atoms with Gasteiger partial charge in [0.2, 0.25) is 0 Å². The number of rotatable bonds is 8. The van der Waals surface area contributed by atoms with Crippen LogP contribution in [0.1, 0.15) is 12.8 Å². The Morgan fingerprint density at radius 1 is 1.31 bits per heavy atom. The van der Waals surface area contributed by atoms with E-state index >= 15 is 0 Å². The Balaban J connectivity index is 0.00000625. The minimum Gasteiger partial charge on any atom is -0.714 e. The van der Waals surface area contributed by atoms with Gasteiger partial charge in [-0.1, -0.05) is 23.0 Å². The van der Waals surface area contributed by atoms with Gasteiger partial charge < -0.3 is 29.7 Å². The average Bonchev–Trinajstić information content (AvgIpc) is 2.55. The van der Waals surface area contributed by atoms with Gasteiger partial charge in [-0.15, -0.1) is 11.8 Å². The van der Waals surface area contributed by atoms with Gasteiger partial charge in [-0.3, -0.25) is 4.28 Å². The Kier molecular flexibility index (Phi) is 14.1. The summed E-state index contributed by atoms with van der Waals surface area (Å²) < 4.78 is 40.9. The smallest absolute Gasteiger partial charge is 0.714 e. The maximum absolute atomic E-state index is 10.6. The quantitative estimate of drug-likeness (QED) is 0.0699. The third kappa shape index (κ3) is 9.64. The third-order valence-corrected chi connectivity index (χ3v) is 4.98. The predicted molar refractivity (Wildman–Crippen MR) is 91.5 cm³/mol. The van der Waals surface area contributed by atoms with Crippen LogP contribution in [-0.2, 0) is 19.4 Å². The Bertz CT molecular complexity index is 572. The van der Waals surface area contributed by atoms with E-state index in [1.807, 2.05) is 6.26 Å². The van der Waals surface area contributed by atoms with E-state index in [-0.39, 0.29) is 62.8 Å². The SMILES string of the molecule is CS/C=C/CC/C(=N/OS(=O)(=O)[O-])S[C@@H]1O[C@H](CO)[C@@H](O)[C@H](O)[C@H]1O.[K+]. The van der Waals surface area contributed by atoms with Gasteiger partial charge in [0, 0.05) is 6.42 Å². The van der Waals surface area contributed by atoms with Gasteiger partial charge in [0.25, 0.3) is 10.4 Å². The number of ether oxygens (including phenoxy) is 1. The Morgan fingerprint density at radius 2 is 1.96 bits per heavy atom. The zero-order valence-corrected chi connectivity index (χ0v) is 19.7. The van der Waals surface area contributed by atoms with Crippen molar-refractivity contribution in [3.63, 3.8) is 0 Å². The monoisotopic (exact) mass is 457 g/mol. The van der Waals surface area contributed by atoms with Crippen molar-refractivity contribution in [2.75, 3.05) is 12.9 Å². The van der Waals surface area contributed by atoms with Crippen molar-refractivity contribution in [1.29, 1.82) is 0 Å². The van der Waals surface area contributed by atoms with Crippen molar-refractivity contribution < 1.29 is 93.8 Å². The number of oxime groups is 1. The molecule has 5 atom stereocenters. The standard InChI is InChI=1S/C12H21NO9S3.K/c1-23-5-3-2-4-8(13-22-25(18,19)20)24-12-11(17)10(16)9(15)7(6-14)21-12;/h3,5,7,9-12,14-17H,2,4,6H2,1H3,(H,18,19,20);/q;+1/p-1/b5-3+,13-8-;/t7-,9-,10+,11-,12+;/m1./s1. The molecule has 0 aromatic rings. The molecule has 146 valence electrons. The van der Waals surface area contributed by atoms with Crippen LogP contribution >= 0.6 is 23.5 Å². The predicted octanol–water partition coefficient (Wildman–Crippen LogP) is -4.03. The second kappa shape index (κ2) is 13.5. The molecule has 0 unspecified atom stereocenters. The minimum absolute atomic E-state index is 0. The molecule has 4 N–H and O–H groups in total. The van der Waals surface area contributed by atoms with Crippen LogP contribution in [0.4, 0.5) is 0 Å². The van der Waals surface area contributed by atoms with E-state index in [0.717, 1.165) is 11.8 Å². The molecule has 0 bridgehead atoms. The van der Waals surface area contributed by atoms with Gasteiger partial charge in [-0.2, -0.15) is 8.42 Å². The first kappa shape index (κ1) is 27.3. The van der Waals surface area contributed by atoms with Crippen LogP contribution in [-0.4, -0.2) is 81.2 Å².